The van der Waals surface area contributed by atoms with Crippen molar-refractivity contribution in [3.63, 3.8) is 0 Å². The molecule has 0 aliphatic carbocycles. The molecule has 0 aliphatic heterocycles. The number of anilines is 1. The van der Waals surface area contributed by atoms with Gasteiger partial charge in [0.15, 0.2) is 6.61 Å². The van der Waals surface area contributed by atoms with Gasteiger partial charge in [-0.15, -0.1) is 0 Å². The second-order valence-electron chi connectivity index (χ2n) is 5.23. The van der Waals surface area contributed by atoms with E-state index in [0.29, 0.717) is 29.4 Å². The number of ether oxygens (including phenoxy) is 3. The second kappa shape index (κ2) is 9.32. The van der Waals surface area contributed by atoms with E-state index in [1.54, 1.807) is 55.6 Å². The zero-order chi connectivity index (χ0) is 18.1. The van der Waals surface area contributed by atoms with Crippen LogP contribution in [0.5, 0.6) is 11.5 Å². The molecule has 6 heteroatoms. The Balaban J connectivity index is 1.90. The third-order valence-corrected chi connectivity index (χ3v) is 3.23. The summed E-state index contributed by atoms with van der Waals surface area (Å²) in [5.41, 5.74) is 0.894. The van der Waals surface area contributed by atoms with Crippen molar-refractivity contribution in [2.24, 2.45) is 0 Å². The molecule has 132 valence electrons. The minimum atomic E-state index is -0.412. The molecular weight excluding hydrogens is 322 g/mol. The lowest BCUT2D eigenvalue weighted by Gasteiger charge is -2.09. The lowest BCUT2D eigenvalue weighted by Crippen LogP contribution is -2.20. The van der Waals surface area contributed by atoms with Crippen molar-refractivity contribution in [3.05, 3.63) is 54.1 Å². The van der Waals surface area contributed by atoms with Crippen molar-refractivity contribution in [3.8, 4) is 11.5 Å². The van der Waals surface area contributed by atoms with Crippen LogP contribution in [0.3, 0.4) is 0 Å². The molecule has 0 spiro atoms. The fraction of sp³-hybridized carbons (Fsp3) is 0.263. The van der Waals surface area contributed by atoms with Crippen molar-refractivity contribution in [2.75, 3.05) is 25.6 Å². The molecule has 0 fully saturated rings. The molecule has 2 aromatic carbocycles. The molecule has 0 radical (unpaired) electrons. The number of amides is 1. The van der Waals surface area contributed by atoms with Gasteiger partial charge >= 0.3 is 5.97 Å². The third kappa shape index (κ3) is 5.84. The van der Waals surface area contributed by atoms with E-state index in [1.165, 1.54) is 0 Å². The summed E-state index contributed by atoms with van der Waals surface area (Å²) in [4.78, 5) is 23.9. The van der Waals surface area contributed by atoms with Crippen molar-refractivity contribution in [2.45, 2.75) is 13.3 Å². The Morgan fingerprint density at radius 3 is 2.56 bits per heavy atom. The number of carbonyl (C=O) groups is 2. The third-order valence-electron chi connectivity index (χ3n) is 3.23. The number of carbonyl (C=O) groups excluding carboxylic acids is 2. The average Bonchev–Trinajstić information content (AvgIpc) is 2.64. The van der Waals surface area contributed by atoms with Crippen LogP contribution in [-0.2, 0) is 9.53 Å². The molecule has 2 rings (SSSR count). The van der Waals surface area contributed by atoms with E-state index in [9.17, 15) is 9.59 Å². The molecule has 0 aromatic heterocycles. The monoisotopic (exact) mass is 343 g/mol. The van der Waals surface area contributed by atoms with Crippen LogP contribution in [0.25, 0.3) is 0 Å². The highest BCUT2D eigenvalue weighted by molar-refractivity contribution is 5.95. The molecule has 0 saturated carbocycles. The van der Waals surface area contributed by atoms with Gasteiger partial charge in [0.1, 0.15) is 11.5 Å². The quantitative estimate of drug-likeness (QED) is 0.745. The molecule has 0 bridgehead atoms. The van der Waals surface area contributed by atoms with Crippen molar-refractivity contribution in [1.29, 1.82) is 0 Å². The molecule has 1 amide bonds. The SMILES string of the molecule is CCCOC(=O)c1cccc(NC(=O)COc2cccc(OC)c2)c1. The first-order chi connectivity index (χ1) is 12.1. The maximum atomic E-state index is 12.0. The van der Waals surface area contributed by atoms with E-state index < -0.39 is 5.97 Å². The molecule has 25 heavy (non-hydrogen) atoms. The van der Waals surface area contributed by atoms with Gasteiger partial charge in [0.25, 0.3) is 5.91 Å². The van der Waals surface area contributed by atoms with E-state index in [-0.39, 0.29) is 12.5 Å². The van der Waals surface area contributed by atoms with E-state index >= 15 is 0 Å². The number of nitrogens with one attached hydrogen (secondary N) is 1. The zero-order valence-electron chi connectivity index (χ0n) is 14.3. The van der Waals surface area contributed by atoms with E-state index in [1.807, 2.05) is 6.92 Å². The van der Waals surface area contributed by atoms with Crippen molar-refractivity contribution in [1.82, 2.24) is 0 Å². The van der Waals surface area contributed by atoms with Gasteiger partial charge in [0, 0.05) is 11.8 Å². The topological polar surface area (TPSA) is 73.9 Å². The molecule has 1 N–H and O–H groups in total. The zero-order valence-corrected chi connectivity index (χ0v) is 14.3. The predicted octanol–water partition coefficient (Wildman–Crippen LogP) is 3.28. The van der Waals surface area contributed by atoms with Crippen LogP contribution in [-0.4, -0.2) is 32.2 Å². The highest BCUT2D eigenvalue weighted by Gasteiger charge is 2.09. The van der Waals surface area contributed by atoms with Crippen LogP contribution >= 0.6 is 0 Å². The maximum Gasteiger partial charge on any atom is 0.338 e. The Morgan fingerprint density at radius 2 is 1.80 bits per heavy atom. The summed E-state index contributed by atoms with van der Waals surface area (Å²) in [6, 6.07) is 13.6. The molecule has 6 nitrogen and oxygen atoms in total. The lowest BCUT2D eigenvalue weighted by atomic mass is 10.2. The van der Waals surface area contributed by atoms with E-state index in [2.05, 4.69) is 5.32 Å². The van der Waals surface area contributed by atoms with Gasteiger partial charge in [0.2, 0.25) is 0 Å². The number of hydrogen-bond acceptors (Lipinski definition) is 5. The molecule has 2 aromatic rings. The first-order valence-corrected chi connectivity index (χ1v) is 7.96. The summed E-state index contributed by atoms with van der Waals surface area (Å²) >= 11 is 0. The van der Waals surface area contributed by atoms with Gasteiger partial charge in [-0.2, -0.15) is 0 Å². The first-order valence-electron chi connectivity index (χ1n) is 7.96. The molecular formula is C19H21NO5. The lowest BCUT2D eigenvalue weighted by molar-refractivity contribution is -0.118. The minimum Gasteiger partial charge on any atom is -0.497 e. The fourth-order valence-corrected chi connectivity index (χ4v) is 2.04. The standard InChI is InChI=1S/C19H21NO5/c1-3-10-24-19(22)14-6-4-7-15(11-14)20-18(21)13-25-17-9-5-8-16(12-17)23-2/h4-9,11-12H,3,10,13H2,1-2H3,(H,20,21). The summed E-state index contributed by atoms with van der Waals surface area (Å²) in [6.45, 7) is 2.13. The summed E-state index contributed by atoms with van der Waals surface area (Å²) in [5.74, 6) is 0.440. The largest absolute Gasteiger partial charge is 0.497 e. The normalized spacial score (nSPS) is 10.0. The van der Waals surface area contributed by atoms with Crippen molar-refractivity contribution < 1.29 is 23.8 Å². The Hall–Kier alpha value is -3.02. The molecule has 0 atom stereocenters. The van der Waals surface area contributed by atoms with Crippen LogP contribution in [0.1, 0.15) is 23.7 Å². The van der Waals surface area contributed by atoms with Gasteiger partial charge in [-0.1, -0.05) is 19.1 Å². The van der Waals surface area contributed by atoms with Crippen LogP contribution in [0, 0.1) is 0 Å². The Bertz CT molecular complexity index is 729. The van der Waals surface area contributed by atoms with Crippen LogP contribution in [0.4, 0.5) is 5.69 Å². The average molecular weight is 343 g/mol. The Morgan fingerprint density at radius 1 is 1.04 bits per heavy atom. The van der Waals surface area contributed by atoms with Gasteiger partial charge in [0.05, 0.1) is 19.3 Å². The Labute approximate surface area is 146 Å². The number of rotatable bonds is 8. The Kier molecular flexibility index (Phi) is 6.83. The van der Waals surface area contributed by atoms with Gasteiger partial charge < -0.3 is 19.5 Å². The number of benzene rings is 2. The molecule has 0 unspecified atom stereocenters. The van der Waals surface area contributed by atoms with Gasteiger partial charge in [-0.25, -0.2) is 4.79 Å². The summed E-state index contributed by atoms with van der Waals surface area (Å²) < 4.78 is 15.6. The van der Waals surface area contributed by atoms with Gasteiger partial charge in [-0.05, 0) is 36.8 Å². The molecule has 0 heterocycles. The minimum absolute atomic E-state index is 0.155. The van der Waals surface area contributed by atoms with Crippen LogP contribution < -0.4 is 14.8 Å². The predicted molar refractivity (Wildman–Crippen MR) is 94.1 cm³/mol. The van der Waals surface area contributed by atoms with E-state index in [4.69, 9.17) is 14.2 Å². The highest BCUT2D eigenvalue weighted by Crippen LogP contribution is 2.19. The van der Waals surface area contributed by atoms with Crippen LogP contribution in [0.15, 0.2) is 48.5 Å². The first kappa shape index (κ1) is 18.3. The smallest absolute Gasteiger partial charge is 0.338 e. The highest BCUT2D eigenvalue weighted by atomic mass is 16.5. The van der Waals surface area contributed by atoms with Gasteiger partial charge in [-0.3, -0.25) is 4.79 Å². The maximum absolute atomic E-state index is 12.0. The van der Waals surface area contributed by atoms with E-state index in [0.717, 1.165) is 6.42 Å². The second-order valence-corrected chi connectivity index (χ2v) is 5.23. The van der Waals surface area contributed by atoms with Crippen molar-refractivity contribution >= 4 is 17.6 Å². The molecule has 0 saturated heterocycles. The summed E-state index contributed by atoms with van der Waals surface area (Å²) in [5, 5.41) is 2.69. The summed E-state index contributed by atoms with van der Waals surface area (Å²) in [7, 11) is 1.56. The fourth-order valence-electron chi connectivity index (χ4n) is 2.04. The summed E-state index contributed by atoms with van der Waals surface area (Å²) in [6.07, 6.45) is 0.754. The number of esters is 1. The molecule has 0 aliphatic rings. The van der Waals surface area contributed by atoms with Crippen LogP contribution in [0.2, 0.25) is 0 Å². The number of hydrogen-bond donors (Lipinski definition) is 1. The number of methoxy groups -OCH3 is 1.